The molecule has 1 aliphatic rings. The van der Waals surface area contributed by atoms with Crippen LogP contribution < -0.4 is 4.90 Å². The average molecular weight is 247 g/mol. The average Bonchev–Trinajstić information content (AvgIpc) is 3.21. The number of pyridine rings is 1. The summed E-state index contributed by atoms with van der Waals surface area (Å²) in [5.74, 6) is 1.60. The van der Waals surface area contributed by atoms with Gasteiger partial charge < -0.3 is 4.90 Å². The van der Waals surface area contributed by atoms with Crippen molar-refractivity contribution in [2.75, 3.05) is 11.9 Å². The lowest BCUT2D eigenvalue weighted by Crippen LogP contribution is -2.21. The van der Waals surface area contributed by atoms with Gasteiger partial charge >= 0.3 is 0 Å². The van der Waals surface area contributed by atoms with Gasteiger partial charge in [0.25, 0.3) is 0 Å². The minimum Gasteiger partial charge on any atom is -0.356 e. The van der Waals surface area contributed by atoms with Crippen molar-refractivity contribution in [3.8, 4) is 0 Å². The van der Waals surface area contributed by atoms with E-state index in [1.165, 1.54) is 23.6 Å². The van der Waals surface area contributed by atoms with E-state index in [-0.39, 0.29) is 0 Å². The third-order valence-corrected chi connectivity index (χ3v) is 3.72. The Balaban J connectivity index is 2.18. The quantitative estimate of drug-likeness (QED) is 0.770. The second-order valence-corrected chi connectivity index (χ2v) is 4.90. The Morgan fingerprint density at radius 1 is 1.29 bits per heavy atom. The van der Waals surface area contributed by atoms with E-state index in [4.69, 9.17) is 11.6 Å². The van der Waals surface area contributed by atoms with Gasteiger partial charge in [-0.2, -0.15) is 0 Å². The first kappa shape index (κ1) is 10.8. The molecule has 0 aliphatic heterocycles. The highest BCUT2D eigenvalue weighted by Gasteiger charge is 2.28. The molecule has 1 aliphatic carbocycles. The summed E-state index contributed by atoms with van der Waals surface area (Å²) in [5, 5.41) is 2.43. The molecule has 0 atom stereocenters. The molecule has 17 heavy (non-hydrogen) atoms. The van der Waals surface area contributed by atoms with Crippen molar-refractivity contribution in [3.05, 3.63) is 36.0 Å². The molecular formula is C14H15ClN2. The molecule has 1 aromatic heterocycles. The molecule has 0 radical (unpaired) electrons. The predicted molar refractivity (Wildman–Crippen MR) is 72.7 cm³/mol. The Labute approximate surface area is 106 Å². The first-order valence-corrected chi connectivity index (χ1v) is 6.50. The summed E-state index contributed by atoms with van der Waals surface area (Å²) in [6.45, 7) is 0. The van der Waals surface area contributed by atoms with Gasteiger partial charge in [-0.05, 0) is 23.8 Å². The highest BCUT2D eigenvalue weighted by Crippen LogP contribution is 2.34. The Morgan fingerprint density at radius 3 is 2.65 bits per heavy atom. The van der Waals surface area contributed by atoms with Crippen molar-refractivity contribution in [1.29, 1.82) is 0 Å². The molecule has 0 unspecified atom stereocenters. The van der Waals surface area contributed by atoms with Gasteiger partial charge in [-0.25, -0.2) is 4.98 Å². The van der Waals surface area contributed by atoms with Crippen molar-refractivity contribution in [3.63, 3.8) is 0 Å². The SMILES string of the molecule is CN(c1ncc(CCl)c2ccccc12)C1CC1. The third kappa shape index (κ3) is 1.87. The minimum atomic E-state index is 0.515. The number of hydrogen-bond acceptors (Lipinski definition) is 2. The van der Waals surface area contributed by atoms with E-state index in [0.717, 1.165) is 11.4 Å². The Hall–Kier alpha value is -1.28. The van der Waals surface area contributed by atoms with Crippen LogP contribution in [0.25, 0.3) is 10.8 Å². The van der Waals surface area contributed by atoms with E-state index in [0.29, 0.717) is 11.9 Å². The largest absolute Gasteiger partial charge is 0.356 e. The number of rotatable bonds is 3. The minimum absolute atomic E-state index is 0.515. The van der Waals surface area contributed by atoms with Crippen molar-refractivity contribution in [1.82, 2.24) is 4.98 Å². The van der Waals surface area contributed by atoms with Crippen LogP contribution in [0.15, 0.2) is 30.5 Å². The molecule has 0 spiro atoms. The normalized spacial score (nSPS) is 15.2. The first-order chi connectivity index (χ1) is 8.31. The van der Waals surface area contributed by atoms with Crippen LogP contribution in [0.3, 0.4) is 0 Å². The van der Waals surface area contributed by atoms with E-state index in [2.05, 4.69) is 41.2 Å². The van der Waals surface area contributed by atoms with Crippen LogP contribution in [-0.4, -0.2) is 18.1 Å². The topological polar surface area (TPSA) is 16.1 Å². The second-order valence-electron chi connectivity index (χ2n) is 4.63. The summed E-state index contributed by atoms with van der Waals surface area (Å²) in [6.07, 6.45) is 4.47. The zero-order valence-corrected chi connectivity index (χ0v) is 10.6. The first-order valence-electron chi connectivity index (χ1n) is 5.96. The lowest BCUT2D eigenvalue weighted by molar-refractivity contribution is 0.898. The molecule has 2 nitrogen and oxygen atoms in total. The van der Waals surface area contributed by atoms with E-state index in [9.17, 15) is 0 Å². The van der Waals surface area contributed by atoms with E-state index < -0.39 is 0 Å². The third-order valence-electron chi connectivity index (χ3n) is 3.43. The molecular weight excluding hydrogens is 232 g/mol. The summed E-state index contributed by atoms with van der Waals surface area (Å²) < 4.78 is 0. The van der Waals surface area contributed by atoms with Crippen LogP contribution in [0.2, 0.25) is 0 Å². The molecule has 3 heteroatoms. The van der Waals surface area contributed by atoms with E-state index >= 15 is 0 Å². The predicted octanol–water partition coefficient (Wildman–Crippen LogP) is 3.57. The summed E-state index contributed by atoms with van der Waals surface area (Å²) in [4.78, 5) is 6.87. The fourth-order valence-corrected chi connectivity index (χ4v) is 2.47. The van der Waals surface area contributed by atoms with Gasteiger partial charge in [0, 0.05) is 30.6 Å². The molecule has 88 valence electrons. The van der Waals surface area contributed by atoms with Gasteiger partial charge in [-0.3, -0.25) is 0 Å². The van der Waals surface area contributed by atoms with Crippen molar-refractivity contribution in [2.24, 2.45) is 0 Å². The van der Waals surface area contributed by atoms with Gasteiger partial charge in [0.05, 0.1) is 0 Å². The maximum absolute atomic E-state index is 5.96. The molecule has 0 saturated heterocycles. The van der Waals surface area contributed by atoms with Gasteiger partial charge in [0.15, 0.2) is 0 Å². The molecule has 2 aromatic rings. The highest BCUT2D eigenvalue weighted by atomic mass is 35.5. The number of nitrogens with zero attached hydrogens (tertiary/aromatic N) is 2. The molecule has 0 bridgehead atoms. The van der Waals surface area contributed by atoms with Crippen LogP contribution in [0.5, 0.6) is 0 Å². The number of alkyl halides is 1. The molecule has 0 amide bonds. The number of fused-ring (bicyclic) bond motifs is 1. The molecule has 3 rings (SSSR count). The fraction of sp³-hybridized carbons (Fsp3) is 0.357. The zero-order valence-electron chi connectivity index (χ0n) is 9.86. The Bertz CT molecular complexity index is 549. The van der Waals surface area contributed by atoms with Crippen molar-refractivity contribution >= 4 is 28.2 Å². The Kier molecular flexibility index (Phi) is 2.67. The van der Waals surface area contributed by atoms with E-state index in [1.807, 2.05) is 6.20 Å². The number of halogens is 1. The summed E-state index contributed by atoms with van der Waals surface area (Å²) >= 11 is 5.96. The van der Waals surface area contributed by atoms with Crippen LogP contribution in [0, 0.1) is 0 Å². The molecule has 1 fully saturated rings. The van der Waals surface area contributed by atoms with Crippen LogP contribution >= 0.6 is 11.6 Å². The van der Waals surface area contributed by atoms with Crippen LogP contribution in [0.4, 0.5) is 5.82 Å². The van der Waals surface area contributed by atoms with Gasteiger partial charge in [0.1, 0.15) is 5.82 Å². The number of hydrogen-bond donors (Lipinski definition) is 0. The standard InChI is InChI=1S/C14H15ClN2/c1-17(11-6-7-11)14-13-5-3-2-4-12(13)10(8-15)9-16-14/h2-5,9,11H,6-8H2,1H3. The van der Waals surface area contributed by atoms with Crippen molar-refractivity contribution in [2.45, 2.75) is 24.8 Å². The lowest BCUT2D eigenvalue weighted by Gasteiger charge is -2.20. The van der Waals surface area contributed by atoms with Crippen LogP contribution in [0.1, 0.15) is 18.4 Å². The molecule has 1 heterocycles. The summed E-state index contributed by atoms with van der Waals surface area (Å²) in [6, 6.07) is 9.05. The molecule has 1 saturated carbocycles. The number of aromatic nitrogens is 1. The maximum Gasteiger partial charge on any atom is 0.136 e. The highest BCUT2D eigenvalue weighted by molar-refractivity contribution is 6.18. The second kappa shape index (κ2) is 4.19. The van der Waals surface area contributed by atoms with Gasteiger partial charge in [0.2, 0.25) is 0 Å². The van der Waals surface area contributed by atoms with Gasteiger partial charge in [-0.1, -0.05) is 24.3 Å². The fourth-order valence-electron chi connectivity index (χ4n) is 2.26. The van der Waals surface area contributed by atoms with Crippen molar-refractivity contribution < 1.29 is 0 Å². The smallest absolute Gasteiger partial charge is 0.136 e. The number of benzene rings is 1. The van der Waals surface area contributed by atoms with Gasteiger partial charge in [-0.15, -0.1) is 11.6 Å². The lowest BCUT2D eigenvalue weighted by atomic mass is 10.1. The molecule has 0 N–H and O–H groups in total. The van der Waals surface area contributed by atoms with Crippen LogP contribution in [-0.2, 0) is 5.88 Å². The number of anilines is 1. The molecule has 1 aromatic carbocycles. The zero-order chi connectivity index (χ0) is 11.8. The van der Waals surface area contributed by atoms with E-state index in [1.54, 1.807) is 0 Å². The monoisotopic (exact) mass is 246 g/mol. The summed E-state index contributed by atoms with van der Waals surface area (Å²) in [5.41, 5.74) is 1.11. The maximum atomic E-state index is 5.96. The Morgan fingerprint density at radius 2 is 2.00 bits per heavy atom. The summed E-state index contributed by atoms with van der Waals surface area (Å²) in [7, 11) is 2.13.